The number of nitrogens with zero attached hydrogens (tertiary/aromatic N) is 1. The highest BCUT2D eigenvalue weighted by Crippen LogP contribution is 2.29. The van der Waals surface area contributed by atoms with Crippen molar-refractivity contribution < 1.29 is 16.8 Å². The molecule has 1 aliphatic rings. The van der Waals surface area contributed by atoms with Gasteiger partial charge in [0.1, 0.15) is 4.90 Å². The van der Waals surface area contributed by atoms with Gasteiger partial charge in [0.25, 0.3) is 0 Å². The molecule has 0 amide bonds. The van der Waals surface area contributed by atoms with E-state index in [0.717, 1.165) is 12.3 Å². The van der Waals surface area contributed by atoms with Crippen molar-refractivity contribution in [2.75, 3.05) is 19.3 Å². The van der Waals surface area contributed by atoms with E-state index in [-0.39, 0.29) is 33.3 Å². The van der Waals surface area contributed by atoms with Crippen molar-refractivity contribution in [3.05, 3.63) is 23.2 Å². The molecule has 0 aliphatic carbocycles. The lowest BCUT2D eigenvalue weighted by molar-refractivity contribution is 0.320. The monoisotopic (exact) mass is 388 g/mol. The van der Waals surface area contributed by atoms with Crippen molar-refractivity contribution in [3.8, 4) is 0 Å². The lowest BCUT2D eigenvalue weighted by atomic mass is 10.1. The summed E-state index contributed by atoms with van der Waals surface area (Å²) in [6.45, 7) is 0.617. The van der Waals surface area contributed by atoms with E-state index < -0.39 is 19.9 Å². The minimum Gasteiger partial charge on any atom is -0.328 e. The number of hydrogen-bond acceptors (Lipinski definition) is 5. The molecule has 1 aliphatic heterocycles. The average molecular weight is 389 g/mol. The molecule has 6 nitrogen and oxygen atoms in total. The maximum atomic E-state index is 12.6. The van der Waals surface area contributed by atoms with Gasteiger partial charge in [0.2, 0.25) is 10.0 Å². The van der Waals surface area contributed by atoms with Crippen LogP contribution in [0.4, 0.5) is 0 Å². The third-order valence-corrected chi connectivity index (χ3v) is 6.94. The molecule has 0 atom stereocenters. The molecule has 0 spiro atoms. The first-order valence-electron chi connectivity index (χ1n) is 6.38. The highest BCUT2D eigenvalue weighted by molar-refractivity contribution is 7.91. The van der Waals surface area contributed by atoms with Gasteiger partial charge in [-0.05, 0) is 31.0 Å². The molecule has 0 radical (unpaired) electrons. The molecule has 1 aromatic rings. The fourth-order valence-electron chi connectivity index (χ4n) is 2.17. The Balaban J connectivity index is 0.00000242. The average Bonchev–Trinajstić information content (AvgIpc) is 2.38. The zero-order valence-electron chi connectivity index (χ0n) is 11.9. The molecule has 22 heavy (non-hydrogen) atoms. The van der Waals surface area contributed by atoms with Gasteiger partial charge < -0.3 is 5.73 Å². The van der Waals surface area contributed by atoms with E-state index in [1.807, 2.05) is 0 Å². The first-order chi connectivity index (χ1) is 9.62. The summed E-state index contributed by atoms with van der Waals surface area (Å²) < 4.78 is 49.6. The Labute approximate surface area is 142 Å². The van der Waals surface area contributed by atoms with Crippen LogP contribution in [0.3, 0.4) is 0 Å². The zero-order valence-corrected chi connectivity index (χ0v) is 15.1. The number of halogens is 2. The van der Waals surface area contributed by atoms with E-state index in [2.05, 4.69) is 0 Å². The summed E-state index contributed by atoms with van der Waals surface area (Å²) in [5.74, 6) is 0. The highest BCUT2D eigenvalue weighted by atomic mass is 35.5. The molecule has 126 valence electrons. The van der Waals surface area contributed by atoms with Gasteiger partial charge in [-0.25, -0.2) is 16.8 Å². The third-order valence-electron chi connectivity index (χ3n) is 3.45. The minimum atomic E-state index is -3.82. The van der Waals surface area contributed by atoms with Crippen LogP contribution < -0.4 is 5.73 Å². The van der Waals surface area contributed by atoms with E-state index >= 15 is 0 Å². The summed E-state index contributed by atoms with van der Waals surface area (Å²) >= 11 is 5.95. The fraction of sp³-hybridized carbons (Fsp3) is 0.500. The number of rotatable bonds is 3. The molecule has 0 saturated carbocycles. The summed E-state index contributed by atoms with van der Waals surface area (Å²) in [4.78, 5) is -0.248. The van der Waals surface area contributed by atoms with Crippen molar-refractivity contribution in [1.29, 1.82) is 0 Å². The van der Waals surface area contributed by atoms with Gasteiger partial charge in [0, 0.05) is 25.4 Å². The van der Waals surface area contributed by atoms with Crippen LogP contribution in [-0.4, -0.2) is 46.5 Å². The van der Waals surface area contributed by atoms with E-state index in [0.29, 0.717) is 25.9 Å². The molecule has 0 aromatic heterocycles. The number of nitrogens with two attached hydrogens (primary N) is 1. The van der Waals surface area contributed by atoms with Crippen LogP contribution in [0, 0.1) is 0 Å². The molecule has 10 heteroatoms. The van der Waals surface area contributed by atoms with Crippen molar-refractivity contribution in [2.24, 2.45) is 5.73 Å². The Morgan fingerprint density at radius 3 is 2.23 bits per heavy atom. The first-order valence-corrected chi connectivity index (χ1v) is 10.1. The number of piperidine rings is 1. The number of sulfone groups is 1. The van der Waals surface area contributed by atoms with Crippen LogP contribution in [0.1, 0.15) is 12.8 Å². The predicted molar refractivity (Wildman–Crippen MR) is 87.8 cm³/mol. The van der Waals surface area contributed by atoms with Crippen molar-refractivity contribution in [1.82, 2.24) is 4.31 Å². The predicted octanol–water partition coefficient (Wildman–Crippen LogP) is 1.28. The normalized spacial score (nSPS) is 18.0. The molecule has 0 bridgehead atoms. The van der Waals surface area contributed by atoms with E-state index in [1.165, 1.54) is 16.4 Å². The largest absolute Gasteiger partial charge is 0.328 e. The van der Waals surface area contributed by atoms with Gasteiger partial charge in [-0.1, -0.05) is 11.6 Å². The summed E-state index contributed by atoms with van der Waals surface area (Å²) in [7, 11) is -7.32. The SMILES string of the molecule is CS(=O)(=O)c1ccc(Cl)c(S(=O)(=O)N2CCC(N)CC2)c1.Cl. The van der Waals surface area contributed by atoms with Gasteiger partial charge in [0.15, 0.2) is 9.84 Å². The molecule has 1 saturated heterocycles. The Morgan fingerprint density at radius 1 is 1.18 bits per heavy atom. The molecule has 1 fully saturated rings. The second kappa shape index (κ2) is 7.02. The summed E-state index contributed by atoms with van der Waals surface area (Å²) in [5.41, 5.74) is 5.76. The standard InChI is InChI=1S/C12H17ClN2O4S2.ClH/c1-20(16,17)10-2-3-11(13)12(8-10)21(18,19)15-6-4-9(14)5-7-15;/h2-3,8-9H,4-7,14H2,1H3;1H. The number of hydrogen-bond donors (Lipinski definition) is 1. The van der Waals surface area contributed by atoms with Crippen LogP contribution >= 0.6 is 24.0 Å². The molecule has 1 heterocycles. The Kier molecular flexibility index (Phi) is 6.28. The van der Waals surface area contributed by atoms with Gasteiger partial charge in [-0.2, -0.15) is 4.31 Å². The second-order valence-electron chi connectivity index (χ2n) is 5.11. The van der Waals surface area contributed by atoms with Crippen LogP contribution in [0.5, 0.6) is 0 Å². The van der Waals surface area contributed by atoms with Gasteiger partial charge in [-0.3, -0.25) is 0 Å². The molecule has 2 N–H and O–H groups in total. The van der Waals surface area contributed by atoms with Crippen LogP contribution in [0.25, 0.3) is 0 Å². The van der Waals surface area contributed by atoms with Crippen molar-refractivity contribution in [3.63, 3.8) is 0 Å². The summed E-state index contributed by atoms with van der Waals surface area (Å²) in [5, 5.41) is 0.0114. The lowest BCUT2D eigenvalue weighted by Crippen LogP contribution is -2.42. The third kappa shape index (κ3) is 4.12. The Bertz CT molecular complexity index is 742. The topological polar surface area (TPSA) is 97.5 Å². The van der Waals surface area contributed by atoms with Gasteiger partial charge in [-0.15, -0.1) is 12.4 Å². The van der Waals surface area contributed by atoms with Crippen LogP contribution in [0.15, 0.2) is 28.0 Å². The number of benzene rings is 1. The van der Waals surface area contributed by atoms with Gasteiger partial charge >= 0.3 is 0 Å². The zero-order chi connectivity index (χ0) is 15.8. The summed E-state index contributed by atoms with van der Waals surface area (Å²) in [6, 6.07) is 3.69. The molecular weight excluding hydrogens is 371 g/mol. The first kappa shape index (κ1) is 19.7. The molecular formula is C12H18Cl2N2O4S2. The highest BCUT2D eigenvalue weighted by Gasteiger charge is 2.30. The maximum absolute atomic E-state index is 12.6. The number of sulfonamides is 1. The van der Waals surface area contributed by atoms with Crippen LogP contribution in [-0.2, 0) is 19.9 Å². The molecule has 1 aromatic carbocycles. The molecule has 0 unspecified atom stereocenters. The second-order valence-corrected chi connectivity index (χ2v) is 9.44. The van der Waals surface area contributed by atoms with Crippen molar-refractivity contribution in [2.45, 2.75) is 28.7 Å². The smallest absolute Gasteiger partial charge is 0.244 e. The van der Waals surface area contributed by atoms with E-state index in [4.69, 9.17) is 17.3 Å². The molecule has 2 rings (SSSR count). The minimum absolute atomic E-state index is 0. The van der Waals surface area contributed by atoms with E-state index in [1.54, 1.807) is 0 Å². The van der Waals surface area contributed by atoms with Crippen molar-refractivity contribution >= 4 is 43.9 Å². The lowest BCUT2D eigenvalue weighted by Gasteiger charge is -2.29. The Morgan fingerprint density at radius 2 is 1.73 bits per heavy atom. The summed E-state index contributed by atoms with van der Waals surface area (Å²) in [6.07, 6.45) is 2.16. The van der Waals surface area contributed by atoms with E-state index in [9.17, 15) is 16.8 Å². The quantitative estimate of drug-likeness (QED) is 0.840. The van der Waals surface area contributed by atoms with Gasteiger partial charge in [0.05, 0.1) is 9.92 Å². The maximum Gasteiger partial charge on any atom is 0.244 e. The Hall–Kier alpha value is -0.380. The fourth-order valence-corrected chi connectivity index (χ4v) is 4.86. The van der Waals surface area contributed by atoms with Crippen LogP contribution in [0.2, 0.25) is 5.02 Å².